The Labute approximate surface area is 153 Å². The van der Waals surface area contributed by atoms with Gasteiger partial charge < -0.3 is 10.1 Å². The number of alkyl halides is 3. The second kappa shape index (κ2) is 11.0. The summed E-state index contributed by atoms with van der Waals surface area (Å²) in [6.45, 7) is 6.00. The number of ether oxygens (including phenoxy) is 1. The van der Waals surface area contributed by atoms with E-state index in [1.54, 1.807) is 12.1 Å². The van der Waals surface area contributed by atoms with E-state index in [1.165, 1.54) is 12.1 Å². The lowest BCUT2D eigenvalue weighted by atomic mass is 9.98. The summed E-state index contributed by atoms with van der Waals surface area (Å²) in [7, 11) is 0. The highest BCUT2D eigenvalue weighted by Gasteiger charge is 2.31. The third-order valence-electron chi connectivity index (χ3n) is 3.92. The number of nitrogens with one attached hydrogen (secondary N) is 1. The van der Waals surface area contributed by atoms with E-state index >= 15 is 0 Å². The van der Waals surface area contributed by atoms with Crippen LogP contribution in [0.3, 0.4) is 0 Å². The molecule has 1 aliphatic heterocycles. The van der Waals surface area contributed by atoms with Gasteiger partial charge in [-0.25, -0.2) is 0 Å². The number of rotatable bonds is 6. The van der Waals surface area contributed by atoms with Gasteiger partial charge in [-0.15, -0.1) is 38.0 Å². The first-order valence-corrected chi connectivity index (χ1v) is 7.80. The molecule has 1 N–H and O–H groups in total. The number of halogens is 5. The molecular weight excluding hydrogens is 364 g/mol. The molecule has 1 aromatic carbocycles. The van der Waals surface area contributed by atoms with E-state index < -0.39 is 6.36 Å². The molecular formula is C16H25Cl2F3N2O. The van der Waals surface area contributed by atoms with E-state index in [1.807, 2.05) is 0 Å². The van der Waals surface area contributed by atoms with Gasteiger partial charge >= 0.3 is 6.36 Å². The number of unbranched alkanes of at least 4 members (excludes halogenated alkanes) is 1. The van der Waals surface area contributed by atoms with Gasteiger partial charge in [-0.05, 0) is 24.1 Å². The second-order valence-electron chi connectivity index (χ2n) is 5.56. The zero-order valence-corrected chi connectivity index (χ0v) is 15.3. The molecule has 0 aromatic heterocycles. The lowest BCUT2D eigenvalue weighted by molar-refractivity contribution is -0.274. The summed E-state index contributed by atoms with van der Waals surface area (Å²) >= 11 is 0. The normalized spacial score (nSPS) is 16.7. The van der Waals surface area contributed by atoms with Gasteiger partial charge in [0.15, 0.2) is 0 Å². The molecule has 0 radical (unpaired) electrons. The van der Waals surface area contributed by atoms with Crippen LogP contribution in [0.25, 0.3) is 0 Å². The van der Waals surface area contributed by atoms with Crippen LogP contribution in [-0.4, -0.2) is 37.4 Å². The van der Waals surface area contributed by atoms with Crippen LogP contribution in [0.1, 0.15) is 37.8 Å². The minimum absolute atomic E-state index is 0. The van der Waals surface area contributed by atoms with Crippen molar-refractivity contribution >= 4 is 24.8 Å². The summed E-state index contributed by atoms with van der Waals surface area (Å²) in [6, 6.07) is 6.59. The summed E-state index contributed by atoms with van der Waals surface area (Å²) in [4.78, 5) is 2.41. The van der Waals surface area contributed by atoms with E-state index in [4.69, 9.17) is 0 Å². The Morgan fingerprint density at radius 3 is 2.21 bits per heavy atom. The minimum Gasteiger partial charge on any atom is -0.406 e. The van der Waals surface area contributed by atoms with Crippen molar-refractivity contribution in [2.45, 2.75) is 38.6 Å². The summed E-state index contributed by atoms with van der Waals surface area (Å²) < 4.78 is 40.6. The smallest absolute Gasteiger partial charge is 0.406 e. The maximum Gasteiger partial charge on any atom is 0.573 e. The van der Waals surface area contributed by atoms with Crippen molar-refractivity contribution < 1.29 is 17.9 Å². The molecule has 1 atom stereocenters. The van der Waals surface area contributed by atoms with E-state index in [9.17, 15) is 13.2 Å². The van der Waals surface area contributed by atoms with Crippen LogP contribution in [0.5, 0.6) is 5.75 Å². The van der Waals surface area contributed by atoms with Gasteiger partial charge in [0.2, 0.25) is 0 Å². The van der Waals surface area contributed by atoms with Crippen LogP contribution in [0.15, 0.2) is 24.3 Å². The largest absolute Gasteiger partial charge is 0.573 e. The molecule has 24 heavy (non-hydrogen) atoms. The molecule has 0 unspecified atom stereocenters. The Kier molecular flexibility index (Phi) is 10.7. The van der Waals surface area contributed by atoms with Crippen LogP contribution in [0, 0.1) is 0 Å². The molecule has 1 aromatic rings. The van der Waals surface area contributed by atoms with Crippen LogP contribution in [-0.2, 0) is 0 Å². The second-order valence-corrected chi connectivity index (χ2v) is 5.56. The summed E-state index contributed by atoms with van der Waals surface area (Å²) in [5, 5.41) is 3.33. The Morgan fingerprint density at radius 2 is 1.71 bits per heavy atom. The average Bonchev–Trinajstić information content (AvgIpc) is 2.49. The van der Waals surface area contributed by atoms with E-state index in [2.05, 4.69) is 21.9 Å². The van der Waals surface area contributed by atoms with Crippen LogP contribution in [0.4, 0.5) is 13.2 Å². The molecule has 1 fully saturated rings. The van der Waals surface area contributed by atoms with E-state index in [0.29, 0.717) is 0 Å². The standard InChI is InChI=1S/C16H23F3N2O.2ClH/c1-2-3-4-15(21-11-9-20-10-12-21)13-5-7-14(8-6-13)22-16(17,18)19;;/h5-8,15,20H,2-4,9-12H2,1H3;2*1H/t15-;;/m1../s1. The van der Waals surface area contributed by atoms with Gasteiger partial charge in [0.25, 0.3) is 0 Å². The maximum atomic E-state index is 12.2. The van der Waals surface area contributed by atoms with Crippen molar-refractivity contribution in [3.8, 4) is 5.75 Å². The molecule has 2 rings (SSSR count). The fourth-order valence-corrected chi connectivity index (χ4v) is 2.84. The highest BCUT2D eigenvalue weighted by Crippen LogP contribution is 2.29. The maximum absolute atomic E-state index is 12.2. The molecule has 0 bridgehead atoms. The molecule has 1 saturated heterocycles. The van der Waals surface area contributed by atoms with E-state index in [-0.39, 0.29) is 36.6 Å². The predicted octanol–water partition coefficient (Wildman–Crippen LogP) is 4.57. The summed E-state index contributed by atoms with van der Waals surface area (Å²) in [5.74, 6) is -0.161. The zero-order valence-electron chi connectivity index (χ0n) is 13.6. The molecule has 8 heteroatoms. The van der Waals surface area contributed by atoms with Crippen molar-refractivity contribution in [1.29, 1.82) is 0 Å². The molecule has 0 spiro atoms. The van der Waals surface area contributed by atoms with Gasteiger partial charge in [-0.3, -0.25) is 4.90 Å². The Balaban J connectivity index is 0.00000264. The fraction of sp³-hybridized carbons (Fsp3) is 0.625. The lowest BCUT2D eigenvalue weighted by Gasteiger charge is -2.35. The van der Waals surface area contributed by atoms with Crippen LogP contribution < -0.4 is 10.1 Å². The van der Waals surface area contributed by atoms with Crippen molar-refractivity contribution in [3.63, 3.8) is 0 Å². The van der Waals surface area contributed by atoms with E-state index in [0.717, 1.165) is 51.0 Å². The van der Waals surface area contributed by atoms with Crippen molar-refractivity contribution in [3.05, 3.63) is 29.8 Å². The number of piperazine rings is 1. The lowest BCUT2D eigenvalue weighted by Crippen LogP contribution is -2.45. The minimum atomic E-state index is -4.64. The number of benzene rings is 1. The molecule has 0 amide bonds. The SMILES string of the molecule is CCCC[C@H](c1ccc(OC(F)(F)F)cc1)N1CCNCC1.Cl.Cl. The predicted molar refractivity (Wildman–Crippen MR) is 94.3 cm³/mol. The van der Waals surface area contributed by atoms with Gasteiger partial charge in [0.05, 0.1) is 0 Å². The monoisotopic (exact) mass is 388 g/mol. The number of hydrogen-bond donors (Lipinski definition) is 1. The topological polar surface area (TPSA) is 24.5 Å². The highest BCUT2D eigenvalue weighted by atomic mass is 35.5. The number of hydrogen-bond acceptors (Lipinski definition) is 3. The third-order valence-corrected chi connectivity index (χ3v) is 3.92. The highest BCUT2D eigenvalue weighted by molar-refractivity contribution is 5.85. The van der Waals surface area contributed by atoms with Crippen molar-refractivity contribution in [2.24, 2.45) is 0 Å². The van der Waals surface area contributed by atoms with Gasteiger partial charge in [0.1, 0.15) is 5.75 Å². The Bertz CT molecular complexity index is 452. The van der Waals surface area contributed by atoms with Gasteiger partial charge in [-0.2, -0.15) is 0 Å². The van der Waals surface area contributed by atoms with Crippen LogP contribution in [0.2, 0.25) is 0 Å². The molecule has 140 valence electrons. The average molecular weight is 389 g/mol. The zero-order chi connectivity index (χ0) is 16.0. The van der Waals surface area contributed by atoms with Crippen LogP contribution >= 0.6 is 24.8 Å². The first-order chi connectivity index (χ1) is 10.5. The molecule has 1 heterocycles. The molecule has 1 aliphatic rings. The summed E-state index contributed by atoms with van der Waals surface area (Å²) in [6.07, 6.45) is -1.40. The quantitative estimate of drug-likeness (QED) is 0.772. The van der Waals surface area contributed by atoms with Gasteiger partial charge in [0, 0.05) is 32.2 Å². The molecule has 3 nitrogen and oxygen atoms in total. The first-order valence-electron chi connectivity index (χ1n) is 7.80. The Hall–Kier alpha value is -0.690. The number of nitrogens with zero attached hydrogens (tertiary/aromatic N) is 1. The van der Waals surface area contributed by atoms with Crippen molar-refractivity contribution in [1.82, 2.24) is 10.2 Å². The Morgan fingerprint density at radius 1 is 1.12 bits per heavy atom. The third kappa shape index (κ3) is 7.47. The summed E-state index contributed by atoms with van der Waals surface area (Å²) in [5.41, 5.74) is 1.06. The molecule has 0 aliphatic carbocycles. The first kappa shape index (κ1) is 23.3. The molecule has 0 saturated carbocycles. The van der Waals surface area contributed by atoms with Crippen molar-refractivity contribution in [2.75, 3.05) is 26.2 Å². The fourth-order valence-electron chi connectivity index (χ4n) is 2.84. The van der Waals surface area contributed by atoms with Gasteiger partial charge in [-0.1, -0.05) is 31.9 Å².